The Morgan fingerprint density at radius 3 is 2.03 bits per heavy atom. The molecule has 6 heteroatoms. The topological polar surface area (TPSA) is 60.7 Å². The maximum Gasteiger partial charge on any atom is 0.210 e. The van der Waals surface area contributed by atoms with Crippen LogP contribution in [0.3, 0.4) is 0 Å². The highest BCUT2D eigenvalue weighted by atomic mass is 32.2. The summed E-state index contributed by atoms with van der Waals surface area (Å²) in [4.78, 5) is 17.9. The molecule has 34 heavy (non-hydrogen) atoms. The second-order valence-electron chi connectivity index (χ2n) is 8.67. The van der Waals surface area contributed by atoms with Crippen LogP contribution in [-0.2, 0) is 6.54 Å². The molecular formula is C28H30N4OS. The Kier molecular flexibility index (Phi) is 7.27. The molecule has 0 aliphatic heterocycles. The third-order valence-electron chi connectivity index (χ3n) is 5.97. The first-order valence-electron chi connectivity index (χ1n) is 11.6. The second kappa shape index (κ2) is 10.3. The molecule has 0 fully saturated rings. The number of carbonyl (C=O) groups is 1. The van der Waals surface area contributed by atoms with Gasteiger partial charge in [-0.05, 0) is 40.2 Å². The third-order valence-corrected chi connectivity index (χ3v) is 6.81. The summed E-state index contributed by atoms with van der Waals surface area (Å²) in [6, 6.07) is 18.4. The van der Waals surface area contributed by atoms with E-state index in [1.54, 1.807) is 0 Å². The highest BCUT2D eigenvalue weighted by molar-refractivity contribution is 7.99. The maximum atomic E-state index is 13.0. The van der Waals surface area contributed by atoms with Crippen LogP contribution < -0.4 is 0 Å². The monoisotopic (exact) mass is 470 g/mol. The molecular weight excluding hydrogens is 440 g/mol. The molecule has 4 aromatic rings. The van der Waals surface area contributed by atoms with Crippen LogP contribution in [-0.4, -0.2) is 31.3 Å². The molecule has 0 spiro atoms. The lowest BCUT2D eigenvalue weighted by molar-refractivity contribution is 0.102. The van der Waals surface area contributed by atoms with Gasteiger partial charge in [0, 0.05) is 34.6 Å². The van der Waals surface area contributed by atoms with Gasteiger partial charge in [-0.2, -0.15) is 0 Å². The number of aryl methyl sites for hydroxylation is 3. The Labute approximate surface area is 205 Å². The molecule has 4 rings (SSSR count). The van der Waals surface area contributed by atoms with Crippen LogP contribution >= 0.6 is 11.8 Å². The van der Waals surface area contributed by atoms with Crippen LogP contribution in [0.2, 0.25) is 0 Å². The van der Waals surface area contributed by atoms with Crippen LogP contribution in [0.1, 0.15) is 46.2 Å². The summed E-state index contributed by atoms with van der Waals surface area (Å²) in [5.41, 5.74) is 8.76. The molecule has 0 amide bonds. The lowest BCUT2D eigenvalue weighted by atomic mass is 10.0. The molecule has 0 unspecified atom stereocenters. The Morgan fingerprint density at radius 2 is 1.44 bits per heavy atom. The number of benzene rings is 2. The van der Waals surface area contributed by atoms with Crippen LogP contribution in [0.15, 0.2) is 59.8 Å². The largest absolute Gasteiger partial charge is 0.348 e. The minimum absolute atomic E-state index is 0.0866. The number of aromatic nitrogens is 4. The summed E-state index contributed by atoms with van der Waals surface area (Å²) < 4.78 is 2.21. The number of Topliss-reactive ketones (excluding diaryl/α,β-unsaturated/α-hetero) is 1. The Balaban J connectivity index is 1.62. The van der Waals surface area contributed by atoms with Gasteiger partial charge in [-0.15, -0.1) is 10.2 Å². The molecule has 0 saturated heterocycles. The quantitative estimate of drug-likeness (QED) is 0.214. The van der Waals surface area contributed by atoms with Gasteiger partial charge in [0.15, 0.2) is 5.78 Å². The van der Waals surface area contributed by atoms with E-state index < -0.39 is 0 Å². The summed E-state index contributed by atoms with van der Waals surface area (Å²) >= 11 is 1.34. The van der Waals surface area contributed by atoms with Gasteiger partial charge >= 0.3 is 0 Å². The zero-order valence-electron chi connectivity index (χ0n) is 20.4. The summed E-state index contributed by atoms with van der Waals surface area (Å²) in [6.45, 7) is 11.3. The van der Waals surface area contributed by atoms with E-state index in [0.717, 1.165) is 52.4 Å². The van der Waals surface area contributed by atoms with E-state index in [-0.39, 0.29) is 11.5 Å². The molecule has 0 aliphatic carbocycles. The maximum absolute atomic E-state index is 13.0. The fraction of sp³-hybridized carbons (Fsp3) is 0.286. The first-order chi connectivity index (χ1) is 16.4. The van der Waals surface area contributed by atoms with Crippen molar-refractivity contribution in [3.05, 3.63) is 82.7 Å². The van der Waals surface area contributed by atoms with Gasteiger partial charge in [0.1, 0.15) is 11.4 Å². The molecule has 174 valence electrons. The standard InChI is InChI=1S/C28H30N4OS/c1-6-15-32-20(4)16-24(21(32)5)25(33)17-34-28-29-26(22-11-7-18(2)8-12-22)27(30-31-28)23-13-9-19(3)10-14-23/h7-14,16H,6,15,17H2,1-5H3. The molecule has 0 bridgehead atoms. The summed E-state index contributed by atoms with van der Waals surface area (Å²) in [5.74, 6) is 0.360. The van der Waals surface area contributed by atoms with E-state index in [2.05, 4.69) is 78.9 Å². The normalized spacial score (nSPS) is 11.1. The van der Waals surface area contributed by atoms with E-state index in [1.165, 1.54) is 22.9 Å². The summed E-state index contributed by atoms with van der Waals surface area (Å²) in [6.07, 6.45) is 1.04. The molecule has 2 aromatic carbocycles. The van der Waals surface area contributed by atoms with Gasteiger partial charge in [0.25, 0.3) is 0 Å². The molecule has 5 nitrogen and oxygen atoms in total. The Hall–Kier alpha value is -3.25. The Morgan fingerprint density at radius 1 is 0.853 bits per heavy atom. The zero-order valence-corrected chi connectivity index (χ0v) is 21.2. The van der Waals surface area contributed by atoms with E-state index in [4.69, 9.17) is 4.98 Å². The molecule has 0 N–H and O–H groups in total. The smallest absolute Gasteiger partial charge is 0.210 e. The highest BCUT2D eigenvalue weighted by Gasteiger charge is 2.18. The molecule has 0 aliphatic rings. The van der Waals surface area contributed by atoms with Crippen molar-refractivity contribution >= 4 is 17.5 Å². The van der Waals surface area contributed by atoms with Crippen molar-refractivity contribution in [2.75, 3.05) is 5.75 Å². The van der Waals surface area contributed by atoms with Crippen molar-refractivity contribution in [3.63, 3.8) is 0 Å². The fourth-order valence-electron chi connectivity index (χ4n) is 4.05. The van der Waals surface area contributed by atoms with Crippen molar-refractivity contribution in [2.45, 2.75) is 52.7 Å². The lowest BCUT2D eigenvalue weighted by Gasteiger charge is -2.10. The number of nitrogens with zero attached hydrogens (tertiary/aromatic N) is 4. The van der Waals surface area contributed by atoms with Crippen LogP contribution in [0.5, 0.6) is 0 Å². The van der Waals surface area contributed by atoms with Crippen molar-refractivity contribution < 1.29 is 4.79 Å². The predicted molar refractivity (Wildman–Crippen MR) is 139 cm³/mol. The SMILES string of the molecule is CCCn1c(C)cc(C(=O)CSc2nnc(-c3ccc(C)cc3)c(-c3ccc(C)cc3)n2)c1C. The van der Waals surface area contributed by atoms with E-state index in [0.29, 0.717) is 5.16 Å². The summed E-state index contributed by atoms with van der Waals surface area (Å²) in [7, 11) is 0. The van der Waals surface area contributed by atoms with Crippen LogP contribution in [0, 0.1) is 27.7 Å². The number of thioether (sulfide) groups is 1. The average Bonchev–Trinajstić information content (AvgIpc) is 3.12. The first kappa shape index (κ1) is 23.9. The highest BCUT2D eigenvalue weighted by Crippen LogP contribution is 2.30. The zero-order chi connectivity index (χ0) is 24.2. The second-order valence-corrected chi connectivity index (χ2v) is 9.61. The molecule has 0 radical (unpaired) electrons. The minimum Gasteiger partial charge on any atom is -0.348 e. The number of carbonyl (C=O) groups excluding carboxylic acids is 1. The number of hydrogen-bond donors (Lipinski definition) is 0. The third kappa shape index (κ3) is 5.12. The molecule has 2 heterocycles. The van der Waals surface area contributed by atoms with Gasteiger partial charge in [-0.1, -0.05) is 78.3 Å². The van der Waals surface area contributed by atoms with Gasteiger partial charge in [0.2, 0.25) is 5.16 Å². The lowest BCUT2D eigenvalue weighted by Crippen LogP contribution is -2.07. The van der Waals surface area contributed by atoms with Gasteiger partial charge in [-0.25, -0.2) is 4.98 Å². The van der Waals surface area contributed by atoms with Crippen molar-refractivity contribution in [3.8, 4) is 22.5 Å². The fourth-order valence-corrected chi connectivity index (χ4v) is 4.72. The van der Waals surface area contributed by atoms with Crippen molar-refractivity contribution in [1.29, 1.82) is 0 Å². The number of rotatable bonds is 8. The Bertz CT molecular complexity index is 1310. The van der Waals surface area contributed by atoms with Gasteiger partial charge in [0.05, 0.1) is 5.75 Å². The van der Waals surface area contributed by atoms with E-state index >= 15 is 0 Å². The van der Waals surface area contributed by atoms with Gasteiger partial charge in [-0.3, -0.25) is 4.79 Å². The molecule has 0 saturated carbocycles. The van der Waals surface area contributed by atoms with Crippen molar-refractivity contribution in [1.82, 2.24) is 19.7 Å². The van der Waals surface area contributed by atoms with E-state index in [9.17, 15) is 4.79 Å². The predicted octanol–water partition coefficient (Wildman–Crippen LogP) is 6.63. The van der Waals surface area contributed by atoms with Crippen LogP contribution in [0.25, 0.3) is 22.5 Å². The summed E-state index contributed by atoms with van der Waals surface area (Å²) in [5, 5.41) is 9.41. The first-order valence-corrected chi connectivity index (χ1v) is 12.6. The van der Waals surface area contributed by atoms with Crippen LogP contribution in [0.4, 0.5) is 0 Å². The minimum atomic E-state index is 0.0866. The number of hydrogen-bond acceptors (Lipinski definition) is 5. The number of ketones is 1. The average molecular weight is 471 g/mol. The molecule has 0 atom stereocenters. The van der Waals surface area contributed by atoms with E-state index in [1.807, 2.05) is 25.1 Å². The van der Waals surface area contributed by atoms with Gasteiger partial charge < -0.3 is 4.57 Å². The molecule has 2 aromatic heterocycles. The van der Waals surface area contributed by atoms with Crippen molar-refractivity contribution in [2.24, 2.45) is 0 Å².